The minimum atomic E-state index is 0.347. The van der Waals surface area contributed by atoms with Gasteiger partial charge in [0, 0.05) is 13.2 Å². The van der Waals surface area contributed by atoms with Crippen LogP contribution in [0.3, 0.4) is 0 Å². The van der Waals surface area contributed by atoms with Gasteiger partial charge in [-0.1, -0.05) is 91.2 Å². The number of rotatable bonds is 14. The number of aliphatic hydroxyl groups excluding tert-OH is 1. The van der Waals surface area contributed by atoms with E-state index < -0.39 is 0 Å². The lowest BCUT2D eigenvalue weighted by Gasteiger charge is -2.58. The fraction of sp³-hybridized carbons (Fsp3) is 0.943. The van der Waals surface area contributed by atoms with Gasteiger partial charge >= 0.3 is 0 Å². The van der Waals surface area contributed by atoms with Crippen LogP contribution in [0.15, 0.2) is 11.6 Å². The summed E-state index contributed by atoms with van der Waals surface area (Å²) >= 11 is 0. The number of hydrogen-bond acceptors (Lipinski definition) is 2. The van der Waals surface area contributed by atoms with Gasteiger partial charge in [-0.05, 0) is 111 Å². The van der Waals surface area contributed by atoms with Crippen LogP contribution in [0, 0.1) is 46.3 Å². The van der Waals surface area contributed by atoms with Gasteiger partial charge in [0.15, 0.2) is 0 Å². The number of allylic oxidation sites excluding steroid dienone is 1. The maximum atomic E-state index is 8.91. The molecule has 2 heteroatoms. The van der Waals surface area contributed by atoms with Crippen molar-refractivity contribution in [2.24, 2.45) is 46.3 Å². The maximum Gasteiger partial charge on any atom is 0.0612 e. The quantitative estimate of drug-likeness (QED) is 0.185. The molecule has 0 amide bonds. The topological polar surface area (TPSA) is 29.5 Å². The first-order valence-corrected chi connectivity index (χ1v) is 16.7. The smallest absolute Gasteiger partial charge is 0.0612 e. The number of ether oxygens (including phenoxy) is 1. The van der Waals surface area contributed by atoms with E-state index in [9.17, 15) is 0 Å². The highest BCUT2D eigenvalue weighted by atomic mass is 16.5. The van der Waals surface area contributed by atoms with Gasteiger partial charge in [-0.15, -0.1) is 0 Å². The molecular formula is C35H62O2. The Labute approximate surface area is 230 Å². The van der Waals surface area contributed by atoms with Crippen molar-refractivity contribution in [2.75, 3.05) is 13.2 Å². The normalized spacial score (nSPS) is 38.1. The van der Waals surface area contributed by atoms with Crippen molar-refractivity contribution in [3.8, 4) is 0 Å². The molecule has 4 rings (SSSR count). The molecule has 0 saturated heterocycles. The van der Waals surface area contributed by atoms with Crippen molar-refractivity contribution in [3.63, 3.8) is 0 Å². The van der Waals surface area contributed by atoms with E-state index in [0.717, 1.165) is 48.5 Å². The van der Waals surface area contributed by atoms with Crippen molar-refractivity contribution in [2.45, 2.75) is 150 Å². The van der Waals surface area contributed by atoms with Crippen molar-refractivity contribution >= 4 is 0 Å². The number of fused-ring (bicyclic) bond motifs is 5. The van der Waals surface area contributed by atoms with Gasteiger partial charge in [0.25, 0.3) is 0 Å². The number of unbranched alkanes of at least 4 members (excludes halogenated alkanes) is 5. The van der Waals surface area contributed by atoms with Crippen LogP contribution in [0.2, 0.25) is 0 Å². The molecule has 0 aromatic heterocycles. The van der Waals surface area contributed by atoms with Gasteiger partial charge in [-0.25, -0.2) is 0 Å². The molecule has 3 saturated carbocycles. The zero-order valence-electron chi connectivity index (χ0n) is 25.4. The summed E-state index contributed by atoms with van der Waals surface area (Å²) in [5.74, 6) is 5.53. The standard InChI is InChI=1S/C35H62O2/c1-26(2)13-12-14-27(3)31-17-18-32-30-16-15-28-25-29(37-24-11-9-7-6-8-10-23-36)19-21-34(28,4)33(30)20-22-35(31,32)5/h15,26-27,29-33,36H,6-14,16-25H2,1-5H3/t27-,29+,30+,31-,32+,33+,34+,35-/m1/s1. The van der Waals surface area contributed by atoms with E-state index in [1.54, 1.807) is 5.57 Å². The van der Waals surface area contributed by atoms with Crippen LogP contribution in [0.4, 0.5) is 0 Å². The zero-order chi connectivity index (χ0) is 26.5. The third-order valence-corrected chi connectivity index (χ3v) is 12.2. The van der Waals surface area contributed by atoms with Crippen LogP contribution in [-0.2, 0) is 4.74 Å². The van der Waals surface area contributed by atoms with E-state index in [1.165, 1.54) is 103 Å². The predicted molar refractivity (Wildman–Crippen MR) is 158 cm³/mol. The lowest BCUT2D eigenvalue weighted by atomic mass is 9.47. The van der Waals surface area contributed by atoms with Gasteiger partial charge in [0.2, 0.25) is 0 Å². The average Bonchev–Trinajstić information content (AvgIpc) is 3.22. The van der Waals surface area contributed by atoms with Gasteiger partial charge in [-0.2, -0.15) is 0 Å². The van der Waals surface area contributed by atoms with Crippen LogP contribution in [0.25, 0.3) is 0 Å². The Kier molecular flexibility index (Phi) is 10.7. The Morgan fingerprint density at radius 3 is 2.38 bits per heavy atom. The Hall–Kier alpha value is -0.340. The Morgan fingerprint density at radius 1 is 0.865 bits per heavy atom. The zero-order valence-corrected chi connectivity index (χ0v) is 25.4. The molecule has 4 aliphatic carbocycles. The molecule has 0 spiro atoms. The largest absolute Gasteiger partial charge is 0.396 e. The summed E-state index contributed by atoms with van der Waals surface area (Å²) in [7, 11) is 0. The van der Waals surface area contributed by atoms with Gasteiger partial charge in [-0.3, -0.25) is 0 Å². The minimum Gasteiger partial charge on any atom is -0.396 e. The summed E-state index contributed by atoms with van der Waals surface area (Å²) in [6, 6.07) is 0. The van der Waals surface area contributed by atoms with Crippen LogP contribution in [0.5, 0.6) is 0 Å². The molecule has 8 atom stereocenters. The molecular weight excluding hydrogens is 452 g/mol. The second-order valence-corrected chi connectivity index (χ2v) is 14.9. The van der Waals surface area contributed by atoms with Crippen LogP contribution < -0.4 is 0 Å². The lowest BCUT2D eigenvalue weighted by molar-refractivity contribution is -0.0641. The molecule has 0 aromatic rings. The summed E-state index contributed by atoms with van der Waals surface area (Å²) in [5, 5.41) is 8.91. The summed E-state index contributed by atoms with van der Waals surface area (Å²) in [4.78, 5) is 0. The molecule has 1 N–H and O–H groups in total. The van der Waals surface area contributed by atoms with Gasteiger partial charge in [0.05, 0.1) is 6.10 Å². The molecule has 2 nitrogen and oxygen atoms in total. The van der Waals surface area contributed by atoms with Gasteiger partial charge < -0.3 is 9.84 Å². The maximum absolute atomic E-state index is 8.91. The summed E-state index contributed by atoms with van der Waals surface area (Å²) in [6.07, 6.45) is 25.8. The first-order valence-electron chi connectivity index (χ1n) is 16.7. The Bertz CT molecular complexity index is 727. The van der Waals surface area contributed by atoms with E-state index in [0.29, 0.717) is 23.5 Å². The van der Waals surface area contributed by atoms with E-state index in [2.05, 4.69) is 40.7 Å². The van der Waals surface area contributed by atoms with E-state index in [-0.39, 0.29) is 0 Å². The molecule has 4 aliphatic rings. The third-order valence-electron chi connectivity index (χ3n) is 12.2. The second-order valence-electron chi connectivity index (χ2n) is 14.9. The van der Waals surface area contributed by atoms with Crippen LogP contribution in [-0.4, -0.2) is 24.4 Å². The third kappa shape index (κ3) is 6.70. The summed E-state index contributed by atoms with van der Waals surface area (Å²) in [6.45, 7) is 14.0. The Morgan fingerprint density at radius 2 is 1.62 bits per heavy atom. The van der Waals surface area contributed by atoms with Crippen molar-refractivity contribution in [3.05, 3.63) is 11.6 Å². The summed E-state index contributed by atoms with van der Waals surface area (Å²) < 4.78 is 6.43. The first kappa shape index (κ1) is 29.6. The molecule has 0 aliphatic heterocycles. The number of hydrogen-bond donors (Lipinski definition) is 1. The van der Waals surface area contributed by atoms with Crippen molar-refractivity contribution in [1.29, 1.82) is 0 Å². The highest BCUT2D eigenvalue weighted by Crippen LogP contribution is 2.67. The Balaban J connectivity index is 1.29. The molecule has 0 heterocycles. The fourth-order valence-corrected chi connectivity index (χ4v) is 9.97. The SMILES string of the molecule is CC(C)CCC[C@@H](C)[C@H]1CC[C@H]2[C@@H]3CC=C4C[C@@H](OCCCCCCCCO)CC[C@]4(C)[C@H]3CC[C@]12C. The summed E-state index contributed by atoms with van der Waals surface area (Å²) in [5.41, 5.74) is 2.81. The van der Waals surface area contributed by atoms with Gasteiger partial charge in [0.1, 0.15) is 0 Å². The molecule has 37 heavy (non-hydrogen) atoms. The van der Waals surface area contributed by atoms with Crippen LogP contribution >= 0.6 is 0 Å². The first-order chi connectivity index (χ1) is 17.8. The predicted octanol–water partition coefficient (Wildman–Crippen LogP) is 9.75. The number of aliphatic hydroxyl groups is 1. The minimum absolute atomic E-state index is 0.347. The molecule has 3 fully saturated rings. The van der Waals surface area contributed by atoms with Crippen molar-refractivity contribution < 1.29 is 9.84 Å². The van der Waals surface area contributed by atoms with E-state index in [4.69, 9.17) is 9.84 Å². The molecule has 0 unspecified atom stereocenters. The van der Waals surface area contributed by atoms with Crippen molar-refractivity contribution in [1.82, 2.24) is 0 Å². The van der Waals surface area contributed by atoms with E-state index >= 15 is 0 Å². The highest BCUT2D eigenvalue weighted by Gasteiger charge is 2.59. The average molecular weight is 515 g/mol. The molecule has 0 bridgehead atoms. The lowest BCUT2D eigenvalue weighted by Crippen LogP contribution is -2.51. The monoisotopic (exact) mass is 514 g/mol. The molecule has 0 radical (unpaired) electrons. The van der Waals surface area contributed by atoms with Crippen LogP contribution in [0.1, 0.15) is 144 Å². The highest BCUT2D eigenvalue weighted by molar-refractivity contribution is 5.25. The second kappa shape index (κ2) is 13.3. The fourth-order valence-electron chi connectivity index (χ4n) is 9.97. The molecule has 214 valence electrons. The molecule has 0 aromatic carbocycles. The van der Waals surface area contributed by atoms with E-state index in [1.807, 2.05) is 0 Å².